The van der Waals surface area contributed by atoms with Crippen molar-refractivity contribution in [2.24, 2.45) is 5.92 Å². The van der Waals surface area contributed by atoms with E-state index in [-0.39, 0.29) is 19.4 Å². The minimum absolute atomic E-state index is 0.00221. The molecule has 0 radical (unpaired) electrons. The Balaban J connectivity index is 4.02. The van der Waals surface area contributed by atoms with E-state index < -0.39 is 29.8 Å². The Bertz CT molecular complexity index is 396. The van der Waals surface area contributed by atoms with E-state index in [1.54, 1.807) is 6.92 Å². The summed E-state index contributed by atoms with van der Waals surface area (Å²) in [6.07, 6.45) is 0.858. The molecule has 0 aliphatic carbocycles. The number of amides is 3. The van der Waals surface area contributed by atoms with Crippen LogP contribution in [0.15, 0.2) is 0 Å². The molecule has 0 aliphatic rings. The number of hydrogen-bond acceptors (Lipinski definition) is 5. The zero-order valence-electron chi connectivity index (χ0n) is 12.5. The van der Waals surface area contributed by atoms with Crippen LogP contribution in [0.5, 0.6) is 0 Å². The lowest BCUT2D eigenvalue weighted by Crippen LogP contribution is -2.43. The zero-order chi connectivity index (χ0) is 16.4. The van der Waals surface area contributed by atoms with Crippen molar-refractivity contribution in [3.8, 4) is 0 Å². The highest BCUT2D eigenvalue weighted by Gasteiger charge is 2.19. The third-order valence-electron chi connectivity index (χ3n) is 2.79. The van der Waals surface area contributed by atoms with Gasteiger partial charge in [0.05, 0.1) is 13.0 Å². The molecule has 0 saturated carbocycles. The van der Waals surface area contributed by atoms with Gasteiger partial charge in [0.2, 0.25) is 5.91 Å². The van der Waals surface area contributed by atoms with Crippen molar-refractivity contribution in [2.75, 3.05) is 20.7 Å². The van der Waals surface area contributed by atoms with Gasteiger partial charge < -0.3 is 14.7 Å². The lowest BCUT2D eigenvalue weighted by atomic mass is 10.2. The summed E-state index contributed by atoms with van der Waals surface area (Å²) in [7, 11) is 2.73. The van der Waals surface area contributed by atoms with Crippen molar-refractivity contribution in [1.29, 1.82) is 0 Å². The molecular weight excluding hydrogens is 280 g/mol. The summed E-state index contributed by atoms with van der Waals surface area (Å²) in [6.45, 7) is 1.74. The van der Waals surface area contributed by atoms with Crippen LogP contribution in [0.25, 0.3) is 0 Å². The molecule has 8 nitrogen and oxygen atoms in total. The van der Waals surface area contributed by atoms with Crippen LogP contribution < -0.4 is 5.32 Å². The number of methoxy groups -OCH3 is 1. The topological polar surface area (TPSA) is 113 Å². The maximum Gasteiger partial charge on any atom is 0.323 e. The van der Waals surface area contributed by atoms with Crippen molar-refractivity contribution in [3.05, 3.63) is 0 Å². The fraction of sp³-hybridized carbons (Fsp3) is 0.692. The quantitative estimate of drug-likeness (QED) is 0.501. The van der Waals surface area contributed by atoms with Crippen LogP contribution in [-0.2, 0) is 19.1 Å². The number of carboxylic acid groups (broad SMARTS) is 1. The maximum absolute atomic E-state index is 11.7. The number of esters is 1. The van der Waals surface area contributed by atoms with Crippen LogP contribution in [0.1, 0.15) is 32.6 Å². The van der Waals surface area contributed by atoms with Gasteiger partial charge in [-0.1, -0.05) is 6.92 Å². The highest BCUT2D eigenvalue weighted by molar-refractivity contribution is 5.94. The SMILES string of the molecule is COC(=O)C(C)CN(C)C(=O)NC(=O)CCCCC(=O)O. The normalized spacial score (nSPS) is 11.4. The number of imide groups is 1. The van der Waals surface area contributed by atoms with Crippen LogP contribution in [-0.4, -0.2) is 54.6 Å². The van der Waals surface area contributed by atoms with Crippen LogP contribution in [0, 0.1) is 5.92 Å². The standard InChI is InChI=1S/C13H22N2O6/c1-9(12(19)21-3)8-15(2)13(20)14-10(16)6-4-5-7-11(17)18/h9H,4-8H2,1-3H3,(H,17,18)(H,14,16,20). The summed E-state index contributed by atoms with van der Waals surface area (Å²) in [6, 6.07) is -0.603. The molecule has 2 N–H and O–H groups in total. The lowest BCUT2D eigenvalue weighted by Gasteiger charge is -2.20. The highest BCUT2D eigenvalue weighted by atomic mass is 16.5. The number of carbonyl (C=O) groups is 4. The van der Waals surface area contributed by atoms with E-state index in [0.29, 0.717) is 12.8 Å². The fourth-order valence-electron chi connectivity index (χ4n) is 1.61. The summed E-state index contributed by atoms with van der Waals surface area (Å²) < 4.78 is 4.55. The Morgan fingerprint density at radius 2 is 1.76 bits per heavy atom. The maximum atomic E-state index is 11.7. The molecule has 0 aliphatic heterocycles. The average Bonchev–Trinajstić information content (AvgIpc) is 2.42. The molecule has 8 heteroatoms. The van der Waals surface area contributed by atoms with Gasteiger partial charge in [-0.25, -0.2) is 4.79 Å². The smallest absolute Gasteiger partial charge is 0.323 e. The molecule has 120 valence electrons. The Morgan fingerprint density at radius 3 is 2.29 bits per heavy atom. The molecule has 1 unspecified atom stereocenters. The van der Waals surface area contributed by atoms with Gasteiger partial charge in [0, 0.05) is 26.4 Å². The van der Waals surface area contributed by atoms with Gasteiger partial charge in [-0.05, 0) is 12.8 Å². The summed E-state index contributed by atoms with van der Waals surface area (Å²) >= 11 is 0. The van der Waals surface area contributed by atoms with Gasteiger partial charge in [0.15, 0.2) is 0 Å². The number of carbonyl (C=O) groups excluding carboxylic acids is 3. The van der Waals surface area contributed by atoms with E-state index in [0.717, 1.165) is 0 Å². The van der Waals surface area contributed by atoms with Gasteiger partial charge in [0.25, 0.3) is 0 Å². The summed E-state index contributed by atoms with van der Waals surface area (Å²) in [4.78, 5) is 45.9. The molecule has 0 spiro atoms. The highest BCUT2D eigenvalue weighted by Crippen LogP contribution is 2.02. The molecular formula is C13H22N2O6. The molecule has 21 heavy (non-hydrogen) atoms. The average molecular weight is 302 g/mol. The van der Waals surface area contributed by atoms with Gasteiger partial charge in [-0.3, -0.25) is 19.7 Å². The van der Waals surface area contributed by atoms with E-state index >= 15 is 0 Å². The summed E-state index contributed by atoms with van der Waals surface area (Å²) in [5, 5.41) is 10.6. The second-order valence-corrected chi connectivity index (χ2v) is 4.76. The molecule has 0 aromatic heterocycles. The lowest BCUT2D eigenvalue weighted by molar-refractivity contribution is -0.145. The first-order valence-corrected chi connectivity index (χ1v) is 6.62. The van der Waals surface area contributed by atoms with Gasteiger partial charge in [-0.15, -0.1) is 0 Å². The Labute approximate surface area is 123 Å². The number of hydrogen-bond donors (Lipinski definition) is 2. The van der Waals surface area contributed by atoms with Crippen molar-refractivity contribution < 1.29 is 29.0 Å². The first-order chi connectivity index (χ1) is 9.77. The fourth-order valence-corrected chi connectivity index (χ4v) is 1.61. The predicted octanol–water partition coefficient (Wildman–Crippen LogP) is 0.608. The Morgan fingerprint density at radius 1 is 1.19 bits per heavy atom. The monoisotopic (exact) mass is 302 g/mol. The van der Waals surface area contributed by atoms with E-state index in [1.807, 2.05) is 0 Å². The number of urea groups is 1. The molecule has 0 fully saturated rings. The predicted molar refractivity (Wildman–Crippen MR) is 73.5 cm³/mol. The third kappa shape index (κ3) is 8.61. The molecule has 0 aromatic carbocycles. The number of nitrogens with one attached hydrogen (secondary N) is 1. The van der Waals surface area contributed by atoms with Crippen LogP contribution in [0.2, 0.25) is 0 Å². The number of carboxylic acids is 1. The van der Waals surface area contributed by atoms with Gasteiger partial charge in [-0.2, -0.15) is 0 Å². The van der Waals surface area contributed by atoms with Crippen molar-refractivity contribution in [1.82, 2.24) is 10.2 Å². The Kier molecular flexibility index (Phi) is 8.75. The van der Waals surface area contributed by atoms with Crippen molar-refractivity contribution in [3.63, 3.8) is 0 Å². The van der Waals surface area contributed by atoms with Crippen LogP contribution in [0.3, 0.4) is 0 Å². The minimum atomic E-state index is -0.914. The minimum Gasteiger partial charge on any atom is -0.481 e. The molecule has 0 rings (SSSR count). The zero-order valence-corrected chi connectivity index (χ0v) is 12.5. The molecule has 1 atom stereocenters. The number of ether oxygens (including phenoxy) is 1. The number of aliphatic carboxylic acids is 1. The molecule has 3 amide bonds. The van der Waals surface area contributed by atoms with Crippen LogP contribution in [0.4, 0.5) is 4.79 Å². The van der Waals surface area contributed by atoms with E-state index in [4.69, 9.17) is 5.11 Å². The number of unbranched alkanes of at least 4 members (excludes halogenated alkanes) is 1. The number of nitrogens with zero attached hydrogens (tertiary/aromatic N) is 1. The first kappa shape index (κ1) is 18.9. The van der Waals surface area contributed by atoms with Crippen molar-refractivity contribution >= 4 is 23.9 Å². The Hall–Kier alpha value is -2.12. The molecule has 0 aromatic rings. The first-order valence-electron chi connectivity index (χ1n) is 6.62. The van der Waals surface area contributed by atoms with E-state index in [9.17, 15) is 19.2 Å². The van der Waals surface area contributed by atoms with Gasteiger partial charge >= 0.3 is 18.0 Å². The summed E-state index contributed by atoms with van der Waals surface area (Å²) in [5.74, 6) is -2.31. The van der Waals surface area contributed by atoms with Gasteiger partial charge in [0.1, 0.15) is 0 Å². The summed E-state index contributed by atoms with van der Waals surface area (Å²) in [5.41, 5.74) is 0. The second-order valence-electron chi connectivity index (χ2n) is 4.76. The molecule has 0 saturated heterocycles. The molecule has 0 bridgehead atoms. The number of rotatable bonds is 8. The van der Waals surface area contributed by atoms with E-state index in [2.05, 4.69) is 10.1 Å². The second kappa shape index (κ2) is 9.73. The third-order valence-corrected chi connectivity index (χ3v) is 2.79. The van der Waals surface area contributed by atoms with E-state index in [1.165, 1.54) is 19.1 Å². The van der Waals surface area contributed by atoms with Crippen LogP contribution >= 0.6 is 0 Å². The van der Waals surface area contributed by atoms with Crippen molar-refractivity contribution in [2.45, 2.75) is 32.6 Å². The molecule has 0 heterocycles. The largest absolute Gasteiger partial charge is 0.481 e.